The molecule has 0 aromatic rings. The van der Waals surface area contributed by atoms with Gasteiger partial charge in [0, 0.05) is 38.5 Å². The van der Waals surface area contributed by atoms with E-state index in [1.54, 1.807) is 7.11 Å². The van der Waals surface area contributed by atoms with Crippen LogP contribution in [0.25, 0.3) is 0 Å². The van der Waals surface area contributed by atoms with Crippen LogP contribution in [0.2, 0.25) is 0 Å². The van der Waals surface area contributed by atoms with Gasteiger partial charge in [-0.1, -0.05) is 0 Å². The quantitative estimate of drug-likeness (QED) is 0.755. The van der Waals surface area contributed by atoms with E-state index < -0.39 is 5.41 Å². The summed E-state index contributed by atoms with van der Waals surface area (Å²) in [5, 5.41) is 2.98. The molecule has 6 heteroatoms. The number of piperidine rings is 1. The number of ether oxygens (including phenoxy) is 1. The average molecular weight is 305 g/mol. The highest BCUT2D eigenvalue weighted by Crippen LogP contribution is 2.23. The summed E-state index contributed by atoms with van der Waals surface area (Å²) in [6.07, 6.45) is 1.97. The molecule has 116 valence electrons. The normalized spacial score (nSPS) is 17.1. The number of hydrogen-bond donors (Lipinski definition) is 1. The molecule has 0 aliphatic carbocycles. The van der Waals surface area contributed by atoms with E-state index in [0.29, 0.717) is 32.0 Å². The van der Waals surface area contributed by atoms with Gasteiger partial charge in [-0.05, 0) is 26.7 Å². The van der Waals surface area contributed by atoms with E-state index in [-0.39, 0.29) is 17.9 Å². The Hall–Kier alpha value is -0.810. The molecular weight excluding hydrogens is 280 g/mol. The van der Waals surface area contributed by atoms with Gasteiger partial charge in [0.15, 0.2) is 0 Å². The van der Waals surface area contributed by atoms with E-state index in [0.717, 1.165) is 12.8 Å². The van der Waals surface area contributed by atoms with E-state index in [4.69, 9.17) is 16.3 Å². The first-order valence-electron chi connectivity index (χ1n) is 7.04. The number of carbonyl (C=O) groups excluding carboxylic acids is 2. The molecule has 5 nitrogen and oxygen atoms in total. The fraction of sp³-hybridized carbons (Fsp3) is 0.857. The zero-order valence-corrected chi connectivity index (χ0v) is 13.3. The second-order valence-electron chi connectivity index (χ2n) is 5.89. The Kier molecular flexibility index (Phi) is 6.76. The van der Waals surface area contributed by atoms with Crippen molar-refractivity contribution in [2.24, 2.45) is 5.41 Å². The Balaban J connectivity index is 2.36. The smallest absolute Gasteiger partial charge is 0.229 e. The molecule has 1 heterocycles. The maximum absolute atomic E-state index is 12.3. The first-order valence-corrected chi connectivity index (χ1v) is 7.58. The molecule has 0 unspecified atom stereocenters. The number of nitrogens with one attached hydrogen (secondary N) is 1. The molecule has 0 aromatic carbocycles. The van der Waals surface area contributed by atoms with Gasteiger partial charge in [0.25, 0.3) is 0 Å². The van der Waals surface area contributed by atoms with Gasteiger partial charge in [-0.2, -0.15) is 0 Å². The predicted molar refractivity (Wildman–Crippen MR) is 78.7 cm³/mol. The van der Waals surface area contributed by atoms with Crippen LogP contribution >= 0.6 is 11.6 Å². The van der Waals surface area contributed by atoms with E-state index in [2.05, 4.69) is 5.32 Å². The molecule has 0 saturated carbocycles. The van der Waals surface area contributed by atoms with Crippen LogP contribution in [0.15, 0.2) is 0 Å². The van der Waals surface area contributed by atoms with Crippen LogP contribution in [0.5, 0.6) is 0 Å². The minimum absolute atomic E-state index is 0.0118. The first-order chi connectivity index (χ1) is 9.40. The van der Waals surface area contributed by atoms with Crippen LogP contribution in [0.1, 0.15) is 33.1 Å². The van der Waals surface area contributed by atoms with Crippen LogP contribution in [0.3, 0.4) is 0 Å². The number of hydrogen-bond acceptors (Lipinski definition) is 3. The number of likely N-dealkylation sites (tertiary alicyclic amines) is 1. The minimum Gasteiger partial charge on any atom is -0.384 e. The van der Waals surface area contributed by atoms with Crippen molar-refractivity contribution in [2.75, 3.05) is 32.7 Å². The average Bonchev–Trinajstić information content (AvgIpc) is 2.45. The lowest BCUT2D eigenvalue weighted by molar-refractivity contribution is -0.140. The van der Waals surface area contributed by atoms with E-state index in [9.17, 15) is 9.59 Å². The van der Waals surface area contributed by atoms with Gasteiger partial charge in [-0.25, -0.2) is 0 Å². The highest BCUT2D eigenvalue weighted by molar-refractivity contribution is 6.19. The third kappa shape index (κ3) is 4.94. The third-order valence-corrected chi connectivity index (χ3v) is 4.26. The molecule has 1 rings (SSSR count). The molecule has 0 bridgehead atoms. The minimum atomic E-state index is -0.518. The lowest BCUT2D eigenvalue weighted by Crippen LogP contribution is -2.50. The van der Waals surface area contributed by atoms with Crippen LogP contribution in [-0.2, 0) is 14.3 Å². The largest absolute Gasteiger partial charge is 0.384 e. The summed E-state index contributed by atoms with van der Waals surface area (Å²) in [5.74, 6) is 0.425. The molecule has 1 aliphatic heterocycles. The predicted octanol–water partition coefficient (Wildman–Crippen LogP) is 1.40. The van der Waals surface area contributed by atoms with Crippen LogP contribution in [0, 0.1) is 5.41 Å². The Labute approximate surface area is 126 Å². The molecule has 1 saturated heterocycles. The van der Waals surface area contributed by atoms with E-state index in [1.165, 1.54) is 0 Å². The van der Waals surface area contributed by atoms with Gasteiger partial charge in [0.1, 0.15) is 0 Å². The number of methoxy groups -OCH3 is 1. The maximum atomic E-state index is 12.3. The van der Waals surface area contributed by atoms with Crippen molar-refractivity contribution in [1.29, 1.82) is 0 Å². The molecule has 20 heavy (non-hydrogen) atoms. The Morgan fingerprint density at radius 2 is 1.95 bits per heavy atom. The van der Waals surface area contributed by atoms with Crippen LogP contribution in [0.4, 0.5) is 0 Å². The number of alkyl halides is 1. The number of amides is 2. The summed E-state index contributed by atoms with van der Waals surface area (Å²) >= 11 is 5.84. The van der Waals surface area contributed by atoms with Crippen molar-refractivity contribution < 1.29 is 14.3 Å². The zero-order valence-electron chi connectivity index (χ0n) is 12.6. The Morgan fingerprint density at radius 1 is 1.35 bits per heavy atom. The molecule has 0 radical (unpaired) electrons. The lowest BCUT2D eigenvalue weighted by Gasteiger charge is -2.36. The molecule has 0 atom stereocenters. The highest BCUT2D eigenvalue weighted by atomic mass is 35.5. The van der Waals surface area contributed by atoms with Crippen LogP contribution in [-0.4, -0.2) is 55.4 Å². The lowest BCUT2D eigenvalue weighted by atomic mass is 9.92. The van der Waals surface area contributed by atoms with Crippen molar-refractivity contribution in [1.82, 2.24) is 10.2 Å². The standard InChI is InChI=1S/C14H25ClN2O3/c1-14(2,10-15)13(19)17-7-4-11(5-8-17)16-12(18)6-9-20-3/h11H,4-10H2,1-3H3,(H,16,18). The SMILES string of the molecule is COCCC(=O)NC1CCN(C(=O)C(C)(C)CCl)CC1. The fourth-order valence-corrected chi connectivity index (χ4v) is 2.32. The summed E-state index contributed by atoms with van der Waals surface area (Å²) in [7, 11) is 1.58. The molecule has 0 spiro atoms. The van der Waals surface area contributed by atoms with Gasteiger partial charge >= 0.3 is 0 Å². The summed E-state index contributed by atoms with van der Waals surface area (Å²) in [5.41, 5.74) is -0.518. The highest BCUT2D eigenvalue weighted by Gasteiger charge is 2.33. The van der Waals surface area contributed by atoms with Gasteiger partial charge in [-0.15, -0.1) is 11.6 Å². The van der Waals surface area contributed by atoms with Crippen molar-refractivity contribution >= 4 is 23.4 Å². The van der Waals surface area contributed by atoms with Gasteiger partial charge in [0.05, 0.1) is 12.0 Å². The second kappa shape index (κ2) is 7.84. The number of rotatable bonds is 6. The fourth-order valence-electron chi connectivity index (χ4n) is 2.21. The summed E-state index contributed by atoms with van der Waals surface area (Å²) in [6.45, 7) is 5.51. The van der Waals surface area contributed by atoms with Gasteiger partial charge in [-0.3, -0.25) is 9.59 Å². The number of halogens is 1. The van der Waals surface area contributed by atoms with Crippen molar-refractivity contribution in [3.8, 4) is 0 Å². The monoisotopic (exact) mass is 304 g/mol. The molecule has 0 aromatic heterocycles. The number of carbonyl (C=O) groups is 2. The van der Waals surface area contributed by atoms with Gasteiger partial charge in [0.2, 0.25) is 11.8 Å². The third-order valence-electron chi connectivity index (χ3n) is 3.59. The maximum Gasteiger partial charge on any atom is 0.229 e. The summed E-state index contributed by atoms with van der Waals surface area (Å²) < 4.78 is 4.87. The van der Waals surface area contributed by atoms with Crippen molar-refractivity contribution in [3.63, 3.8) is 0 Å². The Bertz CT molecular complexity index is 339. The van der Waals surface area contributed by atoms with Crippen LogP contribution < -0.4 is 5.32 Å². The zero-order chi connectivity index (χ0) is 15.2. The first kappa shape index (κ1) is 17.2. The molecule has 1 N–H and O–H groups in total. The summed E-state index contributed by atoms with van der Waals surface area (Å²) in [4.78, 5) is 25.7. The van der Waals surface area contributed by atoms with Gasteiger partial charge < -0.3 is 15.0 Å². The topological polar surface area (TPSA) is 58.6 Å². The number of nitrogens with zero attached hydrogens (tertiary/aromatic N) is 1. The summed E-state index contributed by atoms with van der Waals surface area (Å²) in [6, 6.07) is 0.155. The Morgan fingerprint density at radius 3 is 2.45 bits per heavy atom. The molecule has 1 fully saturated rings. The molecule has 2 amide bonds. The molecular formula is C14H25ClN2O3. The second-order valence-corrected chi connectivity index (χ2v) is 6.16. The van der Waals surface area contributed by atoms with Crippen molar-refractivity contribution in [2.45, 2.75) is 39.2 Å². The van der Waals surface area contributed by atoms with E-state index >= 15 is 0 Å². The molecule has 1 aliphatic rings. The van der Waals surface area contributed by atoms with E-state index in [1.807, 2.05) is 18.7 Å². The van der Waals surface area contributed by atoms with Crippen molar-refractivity contribution in [3.05, 3.63) is 0 Å².